The molecule has 1 aromatic rings. The van der Waals surface area contributed by atoms with Gasteiger partial charge in [0.25, 0.3) is 0 Å². The van der Waals surface area contributed by atoms with Crippen molar-refractivity contribution >= 4 is 11.8 Å². The molecule has 0 spiro atoms. The van der Waals surface area contributed by atoms with Gasteiger partial charge < -0.3 is 11.1 Å². The number of hydrogen-bond acceptors (Lipinski definition) is 2. The number of amides is 2. The molecule has 1 atom stereocenters. The first-order valence-corrected chi connectivity index (χ1v) is 6.35. The van der Waals surface area contributed by atoms with Gasteiger partial charge in [0.15, 0.2) is 0 Å². The van der Waals surface area contributed by atoms with E-state index in [1.807, 2.05) is 19.9 Å². The minimum atomic E-state index is -0.724. The second-order valence-electron chi connectivity index (χ2n) is 4.84. The molecule has 108 valence electrons. The highest BCUT2D eigenvalue weighted by Crippen LogP contribution is 2.04. The average molecular weight is 278 g/mol. The Kier molecular flexibility index (Phi) is 5.90. The molecule has 5 heteroatoms. The van der Waals surface area contributed by atoms with Crippen molar-refractivity contribution in [2.24, 2.45) is 5.73 Å². The highest BCUT2D eigenvalue weighted by atomic mass is 19.1. The van der Waals surface area contributed by atoms with Gasteiger partial charge in [0.2, 0.25) is 11.8 Å². The van der Waals surface area contributed by atoms with Gasteiger partial charge in [-0.3, -0.25) is 9.59 Å². The van der Waals surface area contributed by atoms with Gasteiger partial charge in [-0.1, -0.05) is 23.8 Å². The van der Waals surface area contributed by atoms with Gasteiger partial charge in [-0.25, -0.2) is 4.39 Å². The lowest BCUT2D eigenvalue weighted by atomic mass is 10.1. The predicted octanol–water partition coefficient (Wildman–Crippen LogP) is 1.69. The molecule has 3 N–H and O–H groups in total. The van der Waals surface area contributed by atoms with E-state index in [2.05, 4.69) is 5.32 Å². The van der Waals surface area contributed by atoms with Gasteiger partial charge in [0.1, 0.15) is 11.9 Å². The largest absolute Gasteiger partial charge is 0.368 e. The third-order valence-electron chi connectivity index (χ3n) is 2.72. The molecule has 0 bridgehead atoms. The van der Waals surface area contributed by atoms with Crippen LogP contribution in [0.15, 0.2) is 35.9 Å². The molecule has 1 rings (SSSR count). The molecule has 0 aromatic heterocycles. The van der Waals surface area contributed by atoms with Crippen LogP contribution in [0.4, 0.5) is 4.39 Å². The first-order valence-electron chi connectivity index (χ1n) is 6.35. The van der Waals surface area contributed by atoms with E-state index in [9.17, 15) is 14.0 Å². The number of carbonyl (C=O) groups is 2. The van der Waals surface area contributed by atoms with Crippen LogP contribution in [0.5, 0.6) is 0 Å². The molecule has 0 aliphatic rings. The minimum absolute atomic E-state index is 0.0822. The monoisotopic (exact) mass is 278 g/mol. The summed E-state index contributed by atoms with van der Waals surface area (Å²) in [6.45, 7) is 3.80. The highest BCUT2D eigenvalue weighted by molar-refractivity contribution is 5.87. The van der Waals surface area contributed by atoms with Crippen molar-refractivity contribution in [3.63, 3.8) is 0 Å². The smallest absolute Gasteiger partial charge is 0.240 e. The van der Waals surface area contributed by atoms with E-state index >= 15 is 0 Å². The Bertz CT molecular complexity index is 505. The van der Waals surface area contributed by atoms with E-state index in [0.29, 0.717) is 12.0 Å². The molecule has 0 aliphatic heterocycles. The van der Waals surface area contributed by atoms with Crippen molar-refractivity contribution in [2.45, 2.75) is 32.7 Å². The molecule has 4 nitrogen and oxygen atoms in total. The quantitative estimate of drug-likeness (QED) is 0.777. The van der Waals surface area contributed by atoms with Crippen LogP contribution in [-0.2, 0) is 16.0 Å². The maximum absolute atomic E-state index is 12.7. The minimum Gasteiger partial charge on any atom is -0.368 e. The molecule has 20 heavy (non-hydrogen) atoms. The summed E-state index contributed by atoms with van der Waals surface area (Å²) < 4.78 is 12.7. The van der Waals surface area contributed by atoms with Crippen molar-refractivity contribution < 1.29 is 14.0 Å². The summed E-state index contributed by atoms with van der Waals surface area (Å²) in [6.07, 6.45) is 2.29. The summed E-state index contributed by atoms with van der Waals surface area (Å²) in [6, 6.07) is 4.92. The molecule has 0 heterocycles. The molecule has 0 fully saturated rings. The van der Waals surface area contributed by atoms with Crippen LogP contribution >= 0.6 is 0 Å². The van der Waals surface area contributed by atoms with E-state index in [1.165, 1.54) is 24.3 Å². The van der Waals surface area contributed by atoms with E-state index < -0.39 is 11.9 Å². The molecule has 2 amide bonds. The number of carbonyl (C=O) groups excluding carboxylic acids is 2. The molecule has 1 aromatic carbocycles. The van der Waals surface area contributed by atoms with Gasteiger partial charge in [-0.2, -0.15) is 0 Å². The number of rotatable bonds is 6. The summed E-state index contributed by atoms with van der Waals surface area (Å²) in [5.41, 5.74) is 6.97. The highest BCUT2D eigenvalue weighted by Gasteiger charge is 2.16. The maximum atomic E-state index is 12.7. The van der Waals surface area contributed by atoms with Crippen LogP contribution in [0.2, 0.25) is 0 Å². The second-order valence-corrected chi connectivity index (χ2v) is 4.84. The molecule has 0 radical (unpaired) electrons. The van der Waals surface area contributed by atoms with E-state index in [1.54, 1.807) is 0 Å². The normalized spacial score (nSPS) is 11.6. The number of primary amides is 1. The van der Waals surface area contributed by atoms with Gasteiger partial charge >= 0.3 is 0 Å². The lowest BCUT2D eigenvalue weighted by molar-refractivity contribution is -0.126. The topological polar surface area (TPSA) is 72.2 Å². The lowest BCUT2D eigenvalue weighted by Gasteiger charge is -2.14. The van der Waals surface area contributed by atoms with Crippen LogP contribution in [0.25, 0.3) is 0 Å². The Balaban J connectivity index is 2.60. The van der Waals surface area contributed by atoms with Crippen LogP contribution in [0, 0.1) is 5.82 Å². The third kappa shape index (κ3) is 5.65. The Morgan fingerprint density at radius 1 is 1.30 bits per heavy atom. The van der Waals surface area contributed by atoms with E-state index in [-0.39, 0.29) is 18.1 Å². The van der Waals surface area contributed by atoms with Crippen molar-refractivity contribution in [3.8, 4) is 0 Å². The summed E-state index contributed by atoms with van der Waals surface area (Å²) in [5.74, 6) is -1.25. The fourth-order valence-corrected chi connectivity index (χ4v) is 1.63. The zero-order valence-corrected chi connectivity index (χ0v) is 11.7. The average Bonchev–Trinajstić information content (AvgIpc) is 2.36. The molecular weight excluding hydrogens is 259 g/mol. The second kappa shape index (κ2) is 7.43. The zero-order chi connectivity index (χ0) is 15.1. The van der Waals surface area contributed by atoms with Gasteiger partial charge in [-0.15, -0.1) is 0 Å². The standard InChI is InChI=1S/C15H19FN2O2/c1-10(2)3-8-13(15(17)20)18-14(19)9-11-4-6-12(16)7-5-11/h3-7,13H,8-9H2,1-2H3,(H2,17,20)(H,18,19)/t13-/m1/s1. The lowest BCUT2D eigenvalue weighted by Crippen LogP contribution is -2.44. The van der Waals surface area contributed by atoms with Crippen molar-refractivity contribution in [1.82, 2.24) is 5.32 Å². The Morgan fingerprint density at radius 3 is 2.40 bits per heavy atom. The number of allylic oxidation sites excluding steroid dienone is 1. The van der Waals surface area contributed by atoms with Crippen LogP contribution in [0.3, 0.4) is 0 Å². The third-order valence-corrected chi connectivity index (χ3v) is 2.72. The van der Waals surface area contributed by atoms with Crippen LogP contribution < -0.4 is 11.1 Å². The summed E-state index contributed by atoms with van der Waals surface area (Å²) in [5, 5.41) is 2.58. The molecule has 0 aliphatic carbocycles. The van der Waals surface area contributed by atoms with Gasteiger partial charge in [0.05, 0.1) is 6.42 Å². The fourth-order valence-electron chi connectivity index (χ4n) is 1.63. The van der Waals surface area contributed by atoms with E-state index in [4.69, 9.17) is 5.73 Å². The van der Waals surface area contributed by atoms with Crippen molar-refractivity contribution in [1.29, 1.82) is 0 Å². The van der Waals surface area contributed by atoms with Gasteiger partial charge in [-0.05, 0) is 38.0 Å². The van der Waals surface area contributed by atoms with E-state index in [0.717, 1.165) is 5.57 Å². The number of nitrogens with two attached hydrogens (primary N) is 1. The number of benzene rings is 1. The summed E-state index contributed by atoms with van der Waals surface area (Å²) in [4.78, 5) is 23.1. The van der Waals surface area contributed by atoms with Crippen molar-refractivity contribution in [3.05, 3.63) is 47.3 Å². The zero-order valence-electron chi connectivity index (χ0n) is 11.7. The number of nitrogens with one attached hydrogen (secondary N) is 1. The van der Waals surface area contributed by atoms with Gasteiger partial charge in [0, 0.05) is 0 Å². The predicted molar refractivity (Wildman–Crippen MR) is 75.3 cm³/mol. The van der Waals surface area contributed by atoms with Crippen molar-refractivity contribution in [2.75, 3.05) is 0 Å². The Hall–Kier alpha value is -2.17. The number of halogens is 1. The molecule has 0 unspecified atom stereocenters. The first-order chi connectivity index (χ1) is 9.38. The Morgan fingerprint density at radius 2 is 1.90 bits per heavy atom. The molecular formula is C15H19FN2O2. The van der Waals surface area contributed by atoms with Crippen LogP contribution in [-0.4, -0.2) is 17.9 Å². The van der Waals surface area contributed by atoms with Crippen LogP contribution in [0.1, 0.15) is 25.8 Å². The maximum Gasteiger partial charge on any atom is 0.240 e. The number of hydrogen-bond donors (Lipinski definition) is 2. The SMILES string of the molecule is CC(C)=CC[C@@H](NC(=O)Cc1ccc(F)cc1)C(N)=O. The molecule has 0 saturated heterocycles. The molecule has 0 saturated carbocycles. The first kappa shape index (κ1) is 15.9. The summed E-state index contributed by atoms with van der Waals surface area (Å²) in [7, 11) is 0. The fraction of sp³-hybridized carbons (Fsp3) is 0.333. The summed E-state index contributed by atoms with van der Waals surface area (Å²) >= 11 is 0. The Labute approximate surface area is 117 Å².